The number of nitrogens with two attached hydrogens (primary N) is 1. The van der Waals surface area contributed by atoms with E-state index >= 15 is 0 Å². The quantitative estimate of drug-likeness (QED) is 0.885. The molecule has 0 spiro atoms. The van der Waals surface area contributed by atoms with E-state index in [-0.39, 0.29) is 30.0 Å². The maximum absolute atomic E-state index is 13.1. The lowest BCUT2D eigenvalue weighted by Crippen LogP contribution is -2.11. The summed E-state index contributed by atoms with van der Waals surface area (Å²) in [6.07, 6.45) is 3.56. The lowest BCUT2D eigenvalue weighted by atomic mass is 10.0. The largest absolute Gasteiger partial charge is 0.494 e. The second-order valence-electron chi connectivity index (χ2n) is 4.18. The Morgan fingerprint density at radius 2 is 2.19 bits per heavy atom. The molecule has 0 unspecified atom stereocenters. The van der Waals surface area contributed by atoms with Crippen molar-refractivity contribution in [3.63, 3.8) is 0 Å². The number of hydrogen-bond donors (Lipinski definition) is 1. The van der Waals surface area contributed by atoms with Crippen LogP contribution in [0.5, 0.6) is 5.75 Å². The van der Waals surface area contributed by atoms with Crippen molar-refractivity contribution in [1.29, 1.82) is 0 Å². The minimum Gasteiger partial charge on any atom is -0.494 e. The van der Waals surface area contributed by atoms with Gasteiger partial charge in [-0.2, -0.15) is 0 Å². The van der Waals surface area contributed by atoms with E-state index in [1.807, 2.05) is 0 Å². The van der Waals surface area contributed by atoms with E-state index in [0.717, 1.165) is 17.9 Å². The molecule has 1 saturated carbocycles. The van der Waals surface area contributed by atoms with E-state index in [1.54, 1.807) is 12.1 Å². The van der Waals surface area contributed by atoms with E-state index in [0.29, 0.717) is 0 Å². The lowest BCUT2D eigenvalue weighted by molar-refractivity contribution is 0.385. The van der Waals surface area contributed by atoms with Crippen LogP contribution in [0.4, 0.5) is 4.39 Å². The van der Waals surface area contributed by atoms with Crippen molar-refractivity contribution < 1.29 is 9.13 Å². The first-order chi connectivity index (χ1) is 7.20. The molecule has 2 N–H and O–H groups in total. The number of benzene rings is 1. The fourth-order valence-corrected chi connectivity index (χ4v) is 1.76. The van der Waals surface area contributed by atoms with Gasteiger partial charge in [-0.05, 0) is 30.0 Å². The van der Waals surface area contributed by atoms with Crippen molar-refractivity contribution in [3.8, 4) is 5.75 Å². The SMILES string of the molecule is COc1cc([C@H](N)CC2CC2)ccc1F.Cl. The highest BCUT2D eigenvalue weighted by Crippen LogP contribution is 2.37. The van der Waals surface area contributed by atoms with Crippen molar-refractivity contribution in [2.45, 2.75) is 25.3 Å². The Labute approximate surface area is 101 Å². The third-order valence-electron chi connectivity index (χ3n) is 2.89. The summed E-state index contributed by atoms with van der Waals surface area (Å²) < 4.78 is 18.1. The molecule has 4 heteroatoms. The minimum atomic E-state index is -0.333. The predicted octanol–water partition coefficient (Wildman–Crippen LogP) is 3.06. The smallest absolute Gasteiger partial charge is 0.165 e. The van der Waals surface area contributed by atoms with Gasteiger partial charge in [0.1, 0.15) is 0 Å². The van der Waals surface area contributed by atoms with Crippen molar-refractivity contribution in [2.24, 2.45) is 11.7 Å². The Bertz CT molecular complexity index is 355. The first-order valence-corrected chi connectivity index (χ1v) is 5.29. The van der Waals surface area contributed by atoms with Crippen LogP contribution in [0, 0.1) is 11.7 Å². The second-order valence-corrected chi connectivity index (χ2v) is 4.18. The van der Waals surface area contributed by atoms with Gasteiger partial charge in [0.25, 0.3) is 0 Å². The second kappa shape index (κ2) is 5.51. The van der Waals surface area contributed by atoms with Gasteiger partial charge in [0, 0.05) is 6.04 Å². The summed E-state index contributed by atoms with van der Waals surface area (Å²) in [4.78, 5) is 0. The molecule has 1 fully saturated rings. The van der Waals surface area contributed by atoms with Crippen LogP contribution in [0.25, 0.3) is 0 Å². The van der Waals surface area contributed by atoms with Gasteiger partial charge in [-0.15, -0.1) is 12.4 Å². The molecule has 2 nitrogen and oxygen atoms in total. The average molecular weight is 246 g/mol. The molecule has 0 aliphatic heterocycles. The average Bonchev–Trinajstić information content (AvgIpc) is 3.02. The van der Waals surface area contributed by atoms with Crippen LogP contribution >= 0.6 is 12.4 Å². The van der Waals surface area contributed by atoms with E-state index in [2.05, 4.69) is 0 Å². The Morgan fingerprint density at radius 1 is 1.50 bits per heavy atom. The molecule has 0 amide bonds. The molecule has 1 aliphatic rings. The molecule has 1 aromatic rings. The van der Waals surface area contributed by atoms with E-state index in [4.69, 9.17) is 10.5 Å². The fraction of sp³-hybridized carbons (Fsp3) is 0.500. The van der Waals surface area contributed by atoms with Gasteiger partial charge in [-0.1, -0.05) is 18.9 Å². The Hall–Kier alpha value is -0.800. The van der Waals surface area contributed by atoms with E-state index in [1.165, 1.54) is 26.0 Å². The van der Waals surface area contributed by atoms with Crippen LogP contribution in [0.1, 0.15) is 30.9 Å². The predicted molar refractivity (Wildman–Crippen MR) is 64.5 cm³/mol. The number of hydrogen-bond acceptors (Lipinski definition) is 2. The summed E-state index contributed by atoms with van der Waals surface area (Å²) in [5.41, 5.74) is 6.99. The molecule has 0 heterocycles. The van der Waals surface area contributed by atoms with E-state index in [9.17, 15) is 4.39 Å². The van der Waals surface area contributed by atoms with Crippen LogP contribution in [-0.4, -0.2) is 7.11 Å². The van der Waals surface area contributed by atoms with E-state index < -0.39 is 0 Å². The van der Waals surface area contributed by atoms with Gasteiger partial charge in [-0.25, -0.2) is 4.39 Å². The summed E-state index contributed by atoms with van der Waals surface area (Å²) in [5, 5.41) is 0. The number of ether oxygens (including phenoxy) is 1. The molecule has 1 atom stereocenters. The highest BCUT2D eigenvalue weighted by molar-refractivity contribution is 5.85. The van der Waals surface area contributed by atoms with Crippen molar-refractivity contribution >= 4 is 12.4 Å². The van der Waals surface area contributed by atoms with Crippen LogP contribution in [-0.2, 0) is 0 Å². The Morgan fingerprint density at radius 3 is 2.75 bits per heavy atom. The number of rotatable bonds is 4. The Balaban J connectivity index is 0.00000128. The maximum atomic E-state index is 13.1. The lowest BCUT2D eigenvalue weighted by Gasteiger charge is -2.12. The summed E-state index contributed by atoms with van der Waals surface area (Å²) in [5.74, 6) is 0.717. The Kier molecular flexibility index (Phi) is 4.56. The van der Waals surface area contributed by atoms with Crippen LogP contribution < -0.4 is 10.5 Å². The van der Waals surface area contributed by atoms with Gasteiger partial charge in [-0.3, -0.25) is 0 Å². The molecule has 16 heavy (non-hydrogen) atoms. The van der Waals surface area contributed by atoms with Crippen LogP contribution in [0.15, 0.2) is 18.2 Å². The van der Waals surface area contributed by atoms with Crippen molar-refractivity contribution in [3.05, 3.63) is 29.6 Å². The fourth-order valence-electron chi connectivity index (χ4n) is 1.76. The molecule has 1 aromatic carbocycles. The van der Waals surface area contributed by atoms with Gasteiger partial charge in [0.15, 0.2) is 11.6 Å². The summed E-state index contributed by atoms with van der Waals surface area (Å²) in [6, 6.07) is 4.86. The summed E-state index contributed by atoms with van der Waals surface area (Å²) in [7, 11) is 1.47. The zero-order valence-electron chi connectivity index (χ0n) is 9.28. The molecule has 0 saturated heterocycles. The summed E-state index contributed by atoms with van der Waals surface area (Å²) in [6.45, 7) is 0. The van der Waals surface area contributed by atoms with Crippen molar-refractivity contribution in [1.82, 2.24) is 0 Å². The van der Waals surface area contributed by atoms with Crippen LogP contribution in [0.3, 0.4) is 0 Å². The van der Waals surface area contributed by atoms with Gasteiger partial charge in [0.05, 0.1) is 7.11 Å². The molecular formula is C12H17ClFNO. The molecule has 90 valence electrons. The normalized spacial score (nSPS) is 16.4. The molecule has 2 rings (SSSR count). The third-order valence-corrected chi connectivity index (χ3v) is 2.89. The zero-order chi connectivity index (χ0) is 10.8. The molecular weight excluding hydrogens is 229 g/mol. The monoisotopic (exact) mass is 245 g/mol. The topological polar surface area (TPSA) is 35.2 Å². The first kappa shape index (κ1) is 13.3. The minimum absolute atomic E-state index is 0. The van der Waals surface area contributed by atoms with Gasteiger partial charge >= 0.3 is 0 Å². The zero-order valence-corrected chi connectivity index (χ0v) is 10.1. The number of halogens is 2. The van der Waals surface area contributed by atoms with Gasteiger partial charge < -0.3 is 10.5 Å². The summed E-state index contributed by atoms with van der Waals surface area (Å²) >= 11 is 0. The standard InChI is InChI=1S/C12H16FNO.ClH/c1-15-12-7-9(4-5-10(12)13)11(14)6-8-2-3-8;/h4-5,7-8,11H,2-3,6,14H2,1H3;1H/t11-;/m1./s1. The molecule has 0 aromatic heterocycles. The molecule has 1 aliphatic carbocycles. The molecule has 0 bridgehead atoms. The first-order valence-electron chi connectivity index (χ1n) is 5.29. The molecule has 0 radical (unpaired) electrons. The maximum Gasteiger partial charge on any atom is 0.165 e. The highest BCUT2D eigenvalue weighted by Gasteiger charge is 2.24. The third kappa shape index (κ3) is 3.09. The van der Waals surface area contributed by atoms with Gasteiger partial charge in [0.2, 0.25) is 0 Å². The highest BCUT2D eigenvalue weighted by atomic mass is 35.5. The van der Waals surface area contributed by atoms with Crippen molar-refractivity contribution in [2.75, 3.05) is 7.11 Å². The van der Waals surface area contributed by atoms with Crippen LogP contribution in [0.2, 0.25) is 0 Å². The number of methoxy groups -OCH3 is 1.